The van der Waals surface area contributed by atoms with Crippen molar-refractivity contribution in [3.63, 3.8) is 0 Å². The second-order valence-electron chi connectivity index (χ2n) is 6.23. The number of ether oxygens (including phenoxy) is 3. The standard InChI is InChI=1S/C21H27NO4/c1-5-20(26-19-8-6-7-18(13-19)24-4)21(23)22-16(3)14-25-17-11-9-15(2)10-12-17/h6-13,16,20H,5,14H2,1-4H3,(H,22,23)/t16-,20-/m0/s1. The normalized spacial score (nSPS) is 12.8. The van der Waals surface area contributed by atoms with Crippen molar-refractivity contribution in [1.29, 1.82) is 0 Å². The highest BCUT2D eigenvalue weighted by Gasteiger charge is 2.20. The third-order valence-electron chi connectivity index (χ3n) is 3.89. The average Bonchev–Trinajstić information content (AvgIpc) is 2.65. The maximum Gasteiger partial charge on any atom is 0.261 e. The van der Waals surface area contributed by atoms with Crippen LogP contribution in [0.5, 0.6) is 17.2 Å². The molecule has 2 aromatic carbocycles. The van der Waals surface area contributed by atoms with Crippen LogP contribution in [0.25, 0.3) is 0 Å². The maximum absolute atomic E-state index is 12.5. The Morgan fingerprint density at radius 3 is 2.42 bits per heavy atom. The van der Waals surface area contributed by atoms with Gasteiger partial charge in [0.1, 0.15) is 23.9 Å². The molecular formula is C21H27NO4. The van der Waals surface area contributed by atoms with Crippen LogP contribution in [0.15, 0.2) is 48.5 Å². The third kappa shape index (κ3) is 5.99. The van der Waals surface area contributed by atoms with E-state index in [0.29, 0.717) is 24.5 Å². The molecule has 0 aromatic heterocycles. The van der Waals surface area contributed by atoms with Crippen LogP contribution in [-0.2, 0) is 4.79 Å². The molecule has 5 heteroatoms. The molecule has 0 fully saturated rings. The molecule has 0 aliphatic heterocycles. The van der Waals surface area contributed by atoms with Crippen LogP contribution in [-0.4, -0.2) is 31.8 Å². The smallest absolute Gasteiger partial charge is 0.261 e. The Labute approximate surface area is 155 Å². The van der Waals surface area contributed by atoms with Crippen LogP contribution in [0.2, 0.25) is 0 Å². The van der Waals surface area contributed by atoms with Gasteiger partial charge in [-0.2, -0.15) is 0 Å². The van der Waals surface area contributed by atoms with Crippen LogP contribution in [0.4, 0.5) is 0 Å². The lowest BCUT2D eigenvalue weighted by atomic mass is 10.2. The van der Waals surface area contributed by atoms with Gasteiger partial charge >= 0.3 is 0 Å². The highest BCUT2D eigenvalue weighted by Crippen LogP contribution is 2.20. The Kier molecular flexibility index (Phi) is 7.33. The van der Waals surface area contributed by atoms with Gasteiger partial charge in [0.25, 0.3) is 5.91 Å². The predicted molar refractivity (Wildman–Crippen MR) is 102 cm³/mol. The van der Waals surface area contributed by atoms with E-state index in [1.165, 1.54) is 5.56 Å². The van der Waals surface area contributed by atoms with E-state index in [9.17, 15) is 4.79 Å². The van der Waals surface area contributed by atoms with Gasteiger partial charge in [0.2, 0.25) is 0 Å². The average molecular weight is 357 g/mol. The Hall–Kier alpha value is -2.69. The summed E-state index contributed by atoms with van der Waals surface area (Å²) in [5.74, 6) is 1.93. The van der Waals surface area contributed by atoms with Crippen LogP contribution in [0.3, 0.4) is 0 Å². The molecule has 5 nitrogen and oxygen atoms in total. The predicted octanol–water partition coefficient (Wildman–Crippen LogP) is 3.74. The molecule has 0 heterocycles. The second kappa shape index (κ2) is 9.70. The first-order valence-electron chi connectivity index (χ1n) is 8.82. The van der Waals surface area contributed by atoms with Gasteiger partial charge in [-0.25, -0.2) is 0 Å². The summed E-state index contributed by atoms with van der Waals surface area (Å²) in [5, 5.41) is 2.94. The Morgan fingerprint density at radius 1 is 1.08 bits per heavy atom. The summed E-state index contributed by atoms with van der Waals surface area (Å²) in [4.78, 5) is 12.5. The first-order valence-corrected chi connectivity index (χ1v) is 8.82. The van der Waals surface area contributed by atoms with Crippen molar-refractivity contribution < 1.29 is 19.0 Å². The Balaban J connectivity index is 1.85. The Bertz CT molecular complexity index is 699. The molecule has 1 N–H and O–H groups in total. The van der Waals surface area contributed by atoms with E-state index >= 15 is 0 Å². The van der Waals surface area contributed by atoms with E-state index < -0.39 is 6.10 Å². The summed E-state index contributed by atoms with van der Waals surface area (Å²) < 4.78 is 16.7. The fourth-order valence-electron chi connectivity index (χ4n) is 2.39. The van der Waals surface area contributed by atoms with Crippen molar-refractivity contribution in [2.45, 2.75) is 39.3 Å². The monoisotopic (exact) mass is 357 g/mol. The van der Waals surface area contributed by atoms with Gasteiger partial charge in [-0.3, -0.25) is 4.79 Å². The number of methoxy groups -OCH3 is 1. The van der Waals surface area contributed by atoms with E-state index in [1.54, 1.807) is 13.2 Å². The molecule has 0 radical (unpaired) electrons. The van der Waals surface area contributed by atoms with E-state index in [0.717, 1.165) is 5.75 Å². The number of carbonyl (C=O) groups excluding carboxylic acids is 1. The summed E-state index contributed by atoms with van der Waals surface area (Å²) in [6.45, 7) is 6.24. The van der Waals surface area contributed by atoms with Crippen molar-refractivity contribution in [2.75, 3.05) is 13.7 Å². The summed E-state index contributed by atoms with van der Waals surface area (Å²) in [6, 6.07) is 14.9. The SMILES string of the molecule is CC[C@H](Oc1cccc(OC)c1)C(=O)N[C@@H](C)COc1ccc(C)cc1. The molecule has 0 unspecified atom stereocenters. The number of carbonyl (C=O) groups is 1. The number of amides is 1. The van der Waals surface area contributed by atoms with Crippen LogP contribution >= 0.6 is 0 Å². The summed E-state index contributed by atoms with van der Waals surface area (Å²) in [5.41, 5.74) is 1.18. The van der Waals surface area contributed by atoms with Gasteiger partial charge in [0.15, 0.2) is 6.10 Å². The highest BCUT2D eigenvalue weighted by atomic mass is 16.5. The lowest BCUT2D eigenvalue weighted by Gasteiger charge is -2.21. The second-order valence-corrected chi connectivity index (χ2v) is 6.23. The molecule has 0 aliphatic carbocycles. The minimum Gasteiger partial charge on any atom is -0.497 e. The Morgan fingerprint density at radius 2 is 1.77 bits per heavy atom. The van der Waals surface area contributed by atoms with E-state index in [-0.39, 0.29) is 11.9 Å². The molecule has 2 aromatic rings. The first kappa shape index (κ1) is 19.6. The molecule has 140 valence electrons. The minimum atomic E-state index is -0.566. The van der Waals surface area contributed by atoms with Crippen molar-refractivity contribution in [1.82, 2.24) is 5.32 Å². The lowest BCUT2D eigenvalue weighted by molar-refractivity contribution is -0.128. The fourth-order valence-corrected chi connectivity index (χ4v) is 2.39. The van der Waals surface area contributed by atoms with Gasteiger partial charge in [0.05, 0.1) is 13.2 Å². The summed E-state index contributed by atoms with van der Waals surface area (Å²) in [6.07, 6.45) is -0.00173. The molecule has 0 saturated carbocycles. The van der Waals surface area contributed by atoms with E-state index in [1.807, 2.05) is 63.2 Å². The summed E-state index contributed by atoms with van der Waals surface area (Å²) in [7, 11) is 1.60. The lowest BCUT2D eigenvalue weighted by Crippen LogP contribution is -2.44. The fraction of sp³-hybridized carbons (Fsp3) is 0.381. The minimum absolute atomic E-state index is 0.133. The topological polar surface area (TPSA) is 56.8 Å². The van der Waals surface area contributed by atoms with Crippen molar-refractivity contribution >= 4 is 5.91 Å². The number of hydrogen-bond acceptors (Lipinski definition) is 4. The first-order chi connectivity index (χ1) is 12.5. The molecule has 0 saturated heterocycles. The van der Waals surface area contributed by atoms with Crippen molar-refractivity contribution in [2.24, 2.45) is 0 Å². The van der Waals surface area contributed by atoms with E-state index in [4.69, 9.17) is 14.2 Å². The van der Waals surface area contributed by atoms with Gasteiger partial charge in [0, 0.05) is 6.07 Å². The number of rotatable bonds is 9. The molecule has 0 bridgehead atoms. The molecule has 1 amide bonds. The van der Waals surface area contributed by atoms with Crippen molar-refractivity contribution in [3.05, 3.63) is 54.1 Å². The number of nitrogens with one attached hydrogen (secondary N) is 1. The maximum atomic E-state index is 12.5. The largest absolute Gasteiger partial charge is 0.497 e. The number of benzene rings is 2. The third-order valence-corrected chi connectivity index (χ3v) is 3.89. The quantitative estimate of drug-likeness (QED) is 0.743. The van der Waals surface area contributed by atoms with Gasteiger partial charge in [-0.05, 0) is 44.5 Å². The van der Waals surface area contributed by atoms with Crippen LogP contribution < -0.4 is 19.5 Å². The van der Waals surface area contributed by atoms with Gasteiger partial charge in [-0.15, -0.1) is 0 Å². The molecule has 2 rings (SSSR count). The van der Waals surface area contributed by atoms with Gasteiger partial charge < -0.3 is 19.5 Å². The van der Waals surface area contributed by atoms with Crippen LogP contribution in [0.1, 0.15) is 25.8 Å². The van der Waals surface area contributed by atoms with Gasteiger partial charge in [-0.1, -0.05) is 30.7 Å². The zero-order chi connectivity index (χ0) is 18.9. The highest BCUT2D eigenvalue weighted by molar-refractivity contribution is 5.81. The zero-order valence-electron chi connectivity index (χ0n) is 15.8. The van der Waals surface area contributed by atoms with Crippen LogP contribution in [0, 0.1) is 6.92 Å². The zero-order valence-corrected chi connectivity index (χ0v) is 15.8. The van der Waals surface area contributed by atoms with E-state index in [2.05, 4.69) is 5.32 Å². The number of aryl methyl sites for hydroxylation is 1. The molecular weight excluding hydrogens is 330 g/mol. The molecule has 0 spiro atoms. The molecule has 2 atom stereocenters. The molecule has 26 heavy (non-hydrogen) atoms. The number of hydrogen-bond donors (Lipinski definition) is 1. The summed E-state index contributed by atoms with van der Waals surface area (Å²) >= 11 is 0. The van der Waals surface area contributed by atoms with Crippen molar-refractivity contribution in [3.8, 4) is 17.2 Å². The molecule has 0 aliphatic rings.